The maximum atomic E-state index is 11.4. The lowest BCUT2D eigenvalue weighted by atomic mass is 10.0. The molecule has 2 N–H and O–H groups in total. The molecule has 0 aliphatic carbocycles. The molecule has 32 heavy (non-hydrogen) atoms. The second-order valence-electron chi connectivity index (χ2n) is 7.73. The first-order valence-electron chi connectivity index (χ1n) is 10.6. The van der Waals surface area contributed by atoms with Crippen molar-refractivity contribution in [3.63, 3.8) is 0 Å². The Morgan fingerprint density at radius 1 is 1.09 bits per heavy atom. The number of pyridine rings is 2. The molecule has 5 rings (SSSR count). The number of carbonyl (C=O) groups excluding carboxylic acids is 1. The molecule has 0 atom stereocenters. The van der Waals surface area contributed by atoms with Gasteiger partial charge in [-0.15, -0.1) is 0 Å². The number of aromatic amines is 1. The minimum absolute atomic E-state index is 0.0779. The summed E-state index contributed by atoms with van der Waals surface area (Å²) >= 11 is 0. The standard InChI is InChI=1S/C24H23N5O3/c1-15(30)27-18-4-2-3-16(13-18)21-14-17(5-9-25-21)23-22-20(28-29-23)6-10-26-24(22)32-19-7-11-31-12-8-19/h2-6,9-10,13-14,19H,7-8,11-12H2,1H3,(H,27,30)(H,28,29). The van der Waals surface area contributed by atoms with Gasteiger partial charge in [-0.1, -0.05) is 12.1 Å². The fourth-order valence-electron chi connectivity index (χ4n) is 3.88. The van der Waals surface area contributed by atoms with Crippen LogP contribution in [0.4, 0.5) is 5.69 Å². The van der Waals surface area contributed by atoms with Gasteiger partial charge in [0.05, 0.1) is 29.8 Å². The van der Waals surface area contributed by atoms with Gasteiger partial charge in [0.25, 0.3) is 0 Å². The topological polar surface area (TPSA) is 102 Å². The van der Waals surface area contributed by atoms with Gasteiger partial charge in [0.1, 0.15) is 11.8 Å². The zero-order valence-electron chi connectivity index (χ0n) is 17.7. The average molecular weight is 429 g/mol. The first-order chi connectivity index (χ1) is 15.7. The SMILES string of the molecule is CC(=O)Nc1cccc(-c2cc(-c3n[nH]c4ccnc(OC5CCOCC5)c34)ccn2)c1. The first kappa shape index (κ1) is 20.1. The minimum atomic E-state index is -0.114. The Morgan fingerprint density at radius 3 is 2.78 bits per heavy atom. The lowest BCUT2D eigenvalue weighted by Crippen LogP contribution is -2.26. The molecule has 1 aliphatic heterocycles. The van der Waals surface area contributed by atoms with Crippen LogP contribution in [0, 0.1) is 0 Å². The Labute approximate surface area is 185 Å². The smallest absolute Gasteiger partial charge is 0.225 e. The number of aromatic nitrogens is 4. The van der Waals surface area contributed by atoms with Crippen molar-refractivity contribution in [1.82, 2.24) is 20.2 Å². The van der Waals surface area contributed by atoms with Crippen LogP contribution < -0.4 is 10.1 Å². The second kappa shape index (κ2) is 8.76. The number of amides is 1. The van der Waals surface area contributed by atoms with Gasteiger partial charge in [-0.2, -0.15) is 5.10 Å². The van der Waals surface area contributed by atoms with E-state index in [0.717, 1.165) is 51.9 Å². The highest BCUT2D eigenvalue weighted by Crippen LogP contribution is 2.34. The van der Waals surface area contributed by atoms with Crippen molar-refractivity contribution < 1.29 is 14.3 Å². The van der Waals surface area contributed by atoms with E-state index in [1.165, 1.54) is 6.92 Å². The highest BCUT2D eigenvalue weighted by atomic mass is 16.5. The Bertz CT molecular complexity index is 1260. The van der Waals surface area contributed by atoms with E-state index >= 15 is 0 Å². The van der Waals surface area contributed by atoms with Crippen LogP contribution in [0.5, 0.6) is 5.88 Å². The Kier molecular flexibility index (Phi) is 5.51. The predicted molar refractivity (Wildman–Crippen MR) is 121 cm³/mol. The molecule has 0 saturated carbocycles. The molecule has 1 aliphatic rings. The Balaban J connectivity index is 1.52. The maximum absolute atomic E-state index is 11.4. The number of carbonyl (C=O) groups is 1. The van der Waals surface area contributed by atoms with Crippen LogP contribution in [0.3, 0.4) is 0 Å². The minimum Gasteiger partial charge on any atom is -0.474 e. The van der Waals surface area contributed by atoms with Crippen LogP contribution in [0.2, 0.25) is 0 Å². The molecular weight excluding hydrogens is 406 g/mol. The van der Waals surface area contributed by atoms with Gasteiger partial charge in [-0.05, 0) is 30.3 Å². The molecule has 1 aromatic carbocycles. The van der Waals surface area contributed by atoms with Gasteiger partial charge in [0.2, 0.25) is 11.8 Å². The largest absolute Gasteiger partial charge is 0.474 e. The highest BCUT2D eigenvalue weighted by Gasteiger charge is 2.20. The summed E-state index contributed by atoms with van der Waals surface area (Å²) in [5.41, 5.74) is 4.93. The molecule has 1 saturated heterocycles. The first-order valence-corrected chi connectivity index (χ1v) is 10.6. The van der Waals surface area contributed by atoms with Crippen LogP contribution in [0.1, 0.15) is 19.8 Å². The molecule has 4 heterocycles. The van der Waals surface area contributed by atoms with Crippen LogP contribution in [0.25, 0.3) is 33.4 Å². The van der Waals surface area contributed by atoms with Gasteiger partial charge in [0, 0.05) is 49.0 Å². The molecule has 8 heteroatoms. The number of rotatable bonds is 5. The number of nitrogens with one attached hydrogen (secondary N) is 2. The quantitative estimate of drug-likeness (QED) is 0.493. The van der Waals surface area contributed by atoms with Crippen molar-refractivity contribution in [2.24, 2.45) is 0 Å². The lowest BCUT2D eigenvalue weighted by Gasteiger charge is -2.23. The molecule has 1 amide bonds. The number of ether oxygens (including phenoxy) is 2. The number of nitrogens with zero attached hydrogens (tertiary/aromatic N) is 3. The lowest BCUT2D eigenvalue weighted by molar-refractivity contribution is -0.114. The molecule has 0 radical (unpaired) electrons. The average Bonchev–Trinajstić information content (AvgIpc) is 3.25. The zero-order valence-corrected chi connectivity index (χ0v) is 17.7. The van der Waals surface area contributed by atoms with E-state index in [4.69, 9.17) is 9.47 Å². The van der Waals surface area contributed by atoms with Crippen LogP contribution in [-0.4, -0.2) is 45.4 Å². The van der Waals surface area contributed by atoms with Gasteiger partial charge in [0.15, 0.2) is 0 Å². The van der Waals surface area contributed by atoms with Crippen molar-refractivity contribution in [2.45, 2.75) is 25.9 Å². The van der Waals surface area contributed by atoms with Crippen LogP contribution in [0.15, 0.2) is 54.9 Å². The molecule has 4 aromatic rings. The van der Waals surface area contributed by atoms with Crippen molar-refractivity contribution in [3.8, 4) is 28.4 Å². The monoisotopic (exact) mass is 429 g/mol. The molecular formula is C24H23N5O3. The van der Waals surface area contributed by atoms with Crippen molar-refractivity contribution in [3.05, 3.63) is 54.9 Å². The molecule has 3 aromatic heterocycles. The number of hydrogen-bond donors (Lipinski definition) is 2. The number of fused-ring (bicyclic) bond motifs is 1. The summed E-state index contributed by atoms with van der Waals surface area (Å²) in [6.45, 7) is 2.89. The van der Waals surface area contributed by atoms with Crippen molar-refractivity contribution in [2.75, 3.05) is 18.5 Å². The molecule has 0 spiro atoms. The fourth-order valence-corrected chi connectivity index (χ4v) is 3.88. The van der Waals surface area contributed by atoms with Crippen molar-refractivity contribution >= 4 is 22.5 Å². The van der Waals surface area contributed by atoms with Gasteiger partial charge in [-0.3, -0.25) is 14.9 Å². The van der Waals surface area contributed by atoms with E-state index in [-0.39, 0.29) is 12.0 Å². The van der Waals surface area contributed by atoms with Gasteiger partial charge < -0.3 is 14.8 Å². The summed E-state index contributed by atoms with van der Waals surface area (Å²) in [5.74, 6) is 0.459. The van der Waals surface area contributed by atoms with E-state index in [0.29, 0.717) is 19.1 Å². The van der Waals surface area contributed by atoms with E-state index in [9.17, 15) is 4.79 Å². The van der Waals surface area contributed by atoms with Crippen LogP contribution in [-0.2, 0) is 9.53 Å². The van der Waals surface area contributed by atoms with E-state index in [2.05, 4.69) is 25.5 Å². The second-order valence-corrected chi connectivity index (χ2v) is 7.73. The number of anilines is 1. The molecule has 0 bridgehead atoms. The predicted octanol–water partition coefficient (Wildman–Crippen LogP) is 4.20. The van der Waals surface area contributed by atoms with Crippen LogP contribution >= 0.6 is 0 Å². The summed E-state index contributed by atoms with van der Waals surface area (Å²) in [7, 11) is 0. The van der Waals surface area contributed by atoms with E-state index < -0.39 is 0 Å². The highest BCUT2D eigenvalue weighted by molar-refractivity contribution is 5.97. The summed E-state index contributed by atoms with van der Waals surface area (Å²) in [6, 6.07) is 13.4. The fraction of sp³-hybridized carbons (Fsp3) is 0.250. The van der Waals surface area contributed by atoms with E-state index in [1.54, 1.807) is 12.4 Å². The number of H-pyrrole nitrogens is 1. The summed E-state index contributed by atoms with van der Waals surface area (Å²) in [6.07, 6.45) is 5.25. The number of hydrogen-bond acceptors (Lipinski definition) is 6. The Morgan fingerprint density at radius 2 is 1.94 bits per heavy atom. The van der Waals surface area contributed by atoms with Gasteiger partial charge >= 0.3 is 0 Å². The third-order valence-electron chi connectivity index (χ3n) is 5.40. The summed E-state index contributed by atoms with van der Waals surface area (Å²) in [4.78, 5) is 20.4. The third kappa shape index (κ3) is 4.17. The zero-order chi connectivity index (χ0) is 21.9. The van der Waals surface area contributed by atoms with Crippen molar-refractivity contribution in [1.29, 1.82) is 0 Å². The molecule has 1 fully saturated rings. The molecule has 8 nitrogen and oxygen atoms in total. The van der Waals surface area contributed by atoms with Gasteiger partial charge in [-0.25, -0.2) is 4.98 Å². The Hall–Kier alpha value is -3.78. The summed E-state index contributed by atoms with van der Waals surface area (Å²) in [5, 5.41) is 11.3. The maximum Gasteiger partial charge on any atom is 0.225 e. The number of benzene rings is 1. The van der Waals surface area contributed by atoms with E-state index in [1.807, 2.05) is 42.5 Å². The summed E-state index contributed by atoms with van der Waals surface area (Å²) < 4.78 is 11.7. The molecule has 0 unspecified atom stereocenters. The molecule has 162 valence electrons. The third-order valence-corrected chi connectivity index (χ3v) is 5.40. The normalized spacial score (nSPS) is 14.4.